The van der Waals surface area contributed by atoms with Crippen molar-refractivity contribution in [2.24, 2.45) is 0 Å². The first-order valence-electron chi connectivity index (χ1n) is 7.37. The highest BCUT2D eigenvalue weighted by atomic mass is 28.4. The van der Waals surface area contributed by atoms with Gasteiger partial charge in [0.25, 0.3) is 14.1 Å². The van der Waals surface area contributed by atoms with Crippen LogP contribution in [0.25, 0.3) is 0 Å². The van der Waals surface area contributed by atoms with Gasteiger partial charge in [0, 0.05) is 6.61 Å². The molecule has 0 bridgehead atoms. The van der Waals surface area contributed by atoms with Crippen LogP contribution in [0.3, 0.4) is 0 Å². The van der Waals surface area contributed by atoms with Crippen LogP contribution < -0.4 is 0 Å². The molecule has 0 heterocycles. The lowest BCUT2D eigenvalue weighted by molar-refractivity contribution is 0.279. The van der Waals surface area contributed by atoms with Crippen LogP contribution in [-0.4, -0.2) is 29.1 Å². The van der Waals surface area contributed by atoms with Crippen LogP contribution in [0.5, 0.6) is 0 Å². The van der Waals surface area contributed by atoms with Crippen LogP contribution in [0.15, 0.2) is 10.5 Å². The molecule has 3 heteroatoms. The third kappa shape index (κ3) is 7.79. The standard InChI is InChI=1S/C13H27OSi.2CH3.Al/c1-12(2)10-8-9-11-14-15(6,7)13(3,4)5;;;/h1H,8-11H2,2-7H3;2*1H3;. The van der Waals surface area contributed by atoms with Gasteiger partial charge in [0.1, 0.15) is 0 Å². The first kappa shape index (κ1) is 18.4. The van der Waals surface area contributed by atoms with Crippen LogP contribution in [0.1, 0.15) is 47.0 Å². The quantitative estimate of drug-likeness (QED) is 0.448. The van der Waals surface area contributed by atoms with E-state index in [9.17, 15) is 0 Å². The summed E-state index contributed by atoms with van der Waals surface area (Å²) < 4.78 is 6.18. The number of hydrogen-bond donors (Lipinski definition) is 0. The zero-order valence-corrected chi connectivity index (χ0v) is 16.0. The highest BCUT2D eigenvalue weighted by molar-refractivity contribution is 6.74. The van der Waals surface area contributed by atoms with Crippen LogP contribution in [0, 0.1) is 0 Å². The van der Waals surface area contributed by atoms with Crippen molar-refractivity contribution in [2.75, 3.05) is 6.61 Å². The van der Waals surface area contributed by atoms with Crippen molar-refractivity contribution < 1.29 is 4.43 Å². The summed E-state index contributed by atoms with van der Waals surface area (Å²) in [6.07, 6.45) is 3.74. The van der Waals surface area contributed by atoms with E-state index in [0.717, 1.165) is 6.61 Å². The molecule has 0 fully saturated rings. The van der Waals surface area contributed by atoms with Crippen molar-refractivity contribution in [1.82, 2.24) is 0 Å². The molecule has 0 rings (SSSR count). The maximum absolute atomic E-state index is 6.18. The van der Waals surface area contributed by atoms with Crippen molar-refractivity contribution in [3.63, 3.8) is 0 Å². The Kier molecular flexibility index (Phi) is 8.10. The second kappa shape index (κ2) is 7.90. The molecular weight excluding hydrogens is 251 g/mol. The molecule has 0 saturated carbocycles. The summed E-state index contributed by atoms with van der Waals surface area (Å²) in [5.41, 5.74) is 1.59. The Labute approximate surface area is 121 Å². The number of unbranched alkanes of at least 4 members (excludes halogenated alkanes) is 1. The predicted molar refractivity (Wildman–Crippen MR) is 88.2 cm³/mol. The van der Waals surface area contributed by atoms with Crippen molar-refractivity contribution in [1.29, 1.82) is 0 Å². The summed E-state index contributed by atoms with van der Waals surface area (Å²) in [5, 5.41) is 0.339. The maximum atomic E-state index is 6.18. The van der Waals surface area contributed by atoms with E-state index in [4.69, 9.17) is 4.43 Å². The van der Waals surface area contributed by atoms with E-state index in [2.05, 4.69) is 57.3 Å². The van der Waals surface area contributed by atoms with E-state index in [0.29, 0.717) is 5.04 Å². The van der Waals surface area contributed by atoms with Crippen LogP contribution in [-0.2, 0) is 4.43 Å². The van der Waals surface area contributed by atoms with Crippen LogP contribution in [0.4, 0.5) is 0 Å². The SMILES string of the molecule is C/C(=[CH]\[Al]([CH3])[CH3])CCCCO[Si](C)(C)C(C)(C)C. The number of rotatable bonds is 7. The van der Waals surface area contributed by atoms with Crippen LogP contribution in [0.2, 0.25) is 29.7 Å². The van der Waals surface area contributed by atoms with E-state index in [1.807, 2.05) is 0 Å². The Morgan fingerprint density at radius 2 is 1.72 bits per heavy atom. The molecule has 0 aromatic heterocycles. The van der Waals surface area contributed by atoms with Gasteiger partial charge in [-0.3, -0.25) is 0 Å². The molecule has 0 atom stereocenters. The smallest absolute Gasteiger partial charge is 0.288 e. The molecule has 1 nitrogen and oxygen atoms in total. The third-order valence-electron chi connectivity index (χ3n) is 3.85. The molecule has 0 unspecified atom stereocenters. The van der Waals surface area contributed by atoms with Gasteiger partial charge in [0.15, 0.2) is 8.32 Å². The average molecular weight is 284 g/mol. The van der Waals surface area contributed by atoms with Crippen molar-refractivity contribution in [3.8, 4) is 0 Å². The Bertz CT molecular complexity index is 264. The van der Waals surface area contributed by atoms with Crippen molar-refractivity contribution >= 4 is 22.5 Å². The minimum atomic E-state index is -1.52. The van der Waals surface area contributed by atoms with Crippen LogP contribution >= 0.6 is 0 Å². The molecule has 0 N–H and O–H groups in total. The monoisotopic (exact) mass is 284 g/mol. The summed E-state index contributed by atoms with van der Waals surface area (Å²) in [4.78, 5) is 2.51. The molecule has 0 aliphatic heterocycles. The molecule has 0 aromatic carbocycles. The lowest BCUT2D eigenvalue weighted by Gasteiger charge is -2.36. The fraction of sp³-hybridized carbons (Fsp3) is 0.867. The molecule has 0 aliphatic rings. The van der Waals surface area contributed by atoms with E-state index in [1.54, 1.807) is 5.57 Å². The summed E-state index contributed by atoms with van der Waals surface area (Å²) in [7, 11) is -1.52. The summed E-state index contributed by atoms with van der Waals surface area (Å²) in [6.45, 7) is 14.8. The topological polar surface area (TPSA) is 9.23 Å². The van der Waals surface area contributed by atoms with E-state index < -0.39 is 22.5 Å². The highest BCUT2D eigenvalue weighted by Crippen LogP contribution is 2.36. The first-order chi connectivity index (χ1) is 8.06. The van der Waals surface area contributed by atoms with Gasteiger partial charge in [-0.05, 0) is 44.3 Å². The zero-order valence-electron chi connectivity index (χ0n) is 13.9. The lowest BCUT2D eigenvalue weighted by Crippen LogP contribution is -2.40. The summed E-state index contributed by atoms with van der Waals surface area (Å²) in [5.74, 6) is 4.76. The van der Waals surface area contributed by atoms with Gasteiger partial charge in [-0.2, -0.15) is 0 Å². The predicted octanol–water partition coefficient (Wildman–Crippen LogP) is 5.42. The van der Waals surface area contributed by atoms with Gasteiger partial charge in [0.2, 0.25) is 0 Å². The third-order valence-corrected chi connectivity index (χ3v) is 9.63. The Hall–Kier alpha value is 0.449. The highest BCUT2D eigenvalue weighted by Gasteiger charge is 2.36. The largest absolute Gasteiger partial charge is 0.417 e. The molecule has 0 aromatic rings. The van der Waals surface area contributed by atoms with Gasteiger partial charge in [-0.25, -0.2) is 0 Å². The molecule has 0 aliphatic carbocycles. The van der Waals surface area contributed by atoms with E-state index in [-0.39, 0.29) is 0 Å². The van der Waals surface area contributed by atoms with Gasteiger partial charge in [-0.15, -0.1) is 16.5 Å². The van der Waals surface area contributed by atoms with Gasteiger partial charge in [-0.1, -0.05) is 26.3 Å². The van der Waals surface area contributed by atoms with E-state index >= 15 is 0 Å². The average Bonchev–Trinajstić information content (AvgIpc) is 2.13. The summed E-state index contributed by atoms with van der Waals surface area (Å²) in [6, 6.07) is 0. The fourth-order valence-corrected chi connectivity index (χ4v) is 4.09. The van der Waals surface area contributed by atoms with Gasteiger partial charge in [0.05, 0.1) is 0 Å². The molecule has 0 amide bonds. The molecule has 106 valence electrons. The van der Waals surface area contributed by atoms with E-state index in [1.165, 1.54) is 19.3 Å². The number of allylic oxidation sites excluding steroid dienone is 1. The van der Waals surface area contributed by atoms with Gasteiger partial charge >= 0.3 is 0 Å². The lowest BCUT2D eigenvalue weighted by atomic mass is 10.1. The summed E-state index contributed by atoms with van der Waals surface area (Å²) >= 11 is -0.524. The minimum Gasteiger partial charge on any atom is -0.417 e. The maximum Gasteiger partial charge on any atom is 0.288 e. The first-order valence-corrected chi connectivity index (χ1v) is 13.3. The molecule has 0 spiro atoms. The normalized spacial score (nSPS) is 13.9. The second-order valence-corrected chi connectivity index (χ2v) is 15.0. The molecule has 0 radical (unpaired) electrons. The molecule has 0 saturated heterocycles. The molecule has 18 heavy (non-hydrogen) atoms. The van der Waals surface area contributed by atoms with Crippen molar-refractivity contribution in [2.45, 2.75) is 76.7 Å². The Morgan fingerprint density at radius 1 is 1.17 bits per heavy atom. The Morgan fingerprint density at radius 3 is 2.17 bits per heavy atom. The molecular formula is C15H33AlOSi. The van der Waals surface area contributed by atoms with Crippen molar-refractivity contribution in [3.05, 3.63) is 10.5 Å². The second-order valence-electron chi connectivity index (χ2n) is 7.32. The van der Waals surface area contributed by atoms with Gasteiger partial charge < -0.3 is 4.43 Å². The fourth-order valence-electron chi connectivity index (χ4n) is 1.70. The number of hydrogen-bond acceptors (Lipinski definition) is 1. The minimum absolute atomic E-state index is 0.339. The zero-order chi connectivity index (χ0) is 14.4. The Balaban J connectivity index is 3.82.